The summed E-state index contributed by atoms with van der Waals surface area (Å²) in [6.45, 7) is 6.90. The van der Waals surface area contributed by atoms with E-state index in [0.29, 0.717) is 41.9 Å². The van der Waals surface area contributed by atoms with E-state index in [9.17, 15) is 9.18 Å². The van der Waals surface area contributed by atoms with Crippen LogP contribution in [0.5, 0.6) is 11.5 Å². The van der Waals surface area contributed by atoms with Gasteiger partial charge in [0.2, 0.25) is 6.41 Å². The Morgan fingerprint density at radius 3 is 2.29 bits per heavy atom. The summed E-state index contributed by atoms with van der Waals surface area (Å²) in [5, 5.41) is 3.00. The van der Waals surface area contributed by atoms with Crippen molar-refractivity contribution in [2.24, 2.45) is 0 Å². The van der Waals surface area contributed by atoms with Crippen LogP contribution in [-0.2, 0) is 15.8 Å². The molecule has 5 aromatic rings. The zero-order chi connectivity index (χ0) is 36.2. The van der Waals surface area contributed by atoms with Crippen LogP contribution in [0.25, 0.3) is 33.5 Å². The van der Waals surface area contributed by atoms with Gasteiger partial charge in [-0.05, 0) is 94.8 Å². The van der Waals surface area contributed by atoms with Crippen molar-refractivity contribution >= 4 is 28.8 Å². The van der Waals surface area contributed by atoms with Gasteiger partial charge in [0.1, 0.15) is 29.0 Å². The summed E-state index contributed by atoms with van der Waals surface area (Å²) in [5.41, 5.74) is 5.38. The van der Waals surface area contributed by atoms with E-state index in [2.05, 4.69) is 50.4 Å². The third-order valence-electron chi connectivity index (χ3n) is 10.7. The number of allylic oxidation sites excluding steroid dienone is 2. The smallest absolute Gasteiger partial charge is 0.207 e. The Kier molecular flexibility index (Phi) is 8.32. The lowest BCUT2D eigenvalue weighted by atomic mass is 9.76. The van der Waals surface area contributed by atoms with Crippen molar-refractivity contribution in [1.29, 1.82) is 0 Å². The number of hydrogen-bond donors (Lipinski definition) is 1. The number of rotatable bonds is 9. The van der Waals surface area contributed by atoms with Crippen molar-refractivity contribution in [3.05, 3.63) is 154 Å². The number of fused-ring (bicyclic) bond motifs is 8. The Bertz CT molecular complexity index is 2320. The summed E-state index contributed by atoms with van der Waals surface area (Å²) in [6, 6.07) is 22.1. The molecule has 8 rings (SSSR count). The number of amides is 1. The Labute approximate surface area is 301 Å². The first-order valence-corrected chi connectivity index (χ1v) is 17.8. The largest absolute Gasteiger partial charge is 0.494 e. The fourth-order valence-corrected chi connectivity index (χ4v) is 8.07. The second kappa shape index (κ2) is 12.9. The molecule has 3 aliphatic rings. The quantitative estimate of drug-likeness (QED) is 0.123. The summed E-state index contributed by atoms with van der Waals surface area (Å²) in [6.07, 6.45) is 13.2. The van der Waals surface area contributed by atoms with Gasteiger partial charge in [-0.15, -0.1) is 0 Å². The van der Waals surface area contributed by atoms with Crippen molar-refractivity contribution in [1.82, 2.24) is 5.32 Å². The summed E-state index contributed by atoms with van der Waals surface area (Å²) < 4.78 is 60.1. The molecule has 0 spiro atoms. The van der Waals surface area contributed by atoms with E-state index in [4.69, 9.17) is 9.47 Å². The average Bonchev–Trinajstić information content (AvgIpc) is 3.39. The Morgan fingerprint density at radius 1 is 0.904 bits per heavy atom. The molecule has 7 heteroatoms. The van der Waals surface area contributed by atoms with Crippen molar-refractivity contribution in [2.45, 2.75) is 57.1 Å². The summed E-state index contributed by atoms with van der Waals surface area (Å²) in [5.74, 6) is -0.617. The lowest BCUT2D eigenvalue weighted by Gasteiger charge is -2.38. The molecule has 1 N–H and O–H groups in total. The van der Waals surface area contributed by atoms with Crippen molar-refractivity contribution in [2.75, 3.05) is 6.61 Å². The molecule has 5 aromatic carbocycles. The molecule has 0 fully saturated rings. The minimum absolute atomic E-state index is 0.0534. The topological polar surface area (TPSA) is 47.6 Å². The van der Waals surface area contributed by atoms with Crippen molar-refractivity contribution in [3.63, 3.8) is 0 Å². The van der Waals surface area contributed by atoms with Crippen molar-refractivity contribution < 1.29 is 27.4 Å². The molecule has 1 aliphatic heterocycles. The van der Waals surface area contributed by atoms with Gasteiger partial charge in [0.25, 0.3) is 0 Å². The maximum atomic E-state index is 16.4. The van der Waals surface area contributed by atoms with Crippen LogP contribution in [0.1, 0.15) is 73.4 Å². The van der Waals surface area contributed by atoms with Crippen LogP contribution in [0, 0.1) is 17.5 Å². The molecular formula is C45H38F3NO3. The molecule has 2 aliphatic carbocycles. The summed E-state index contributed by atoms with van der Waals surface area (Å²) in [7, 11) is 0. The normalized spacial score (nSPS) is 19.3. The number of unbranched alkanes of at least 4 members (excludes halogenated alkanes) is 1. The van der Waals surface area contributed by atoms with E-state index in [0.717, 1.165) is 52.3 Å². The van der Waals surface area contributed by atoms with Crippen LogP contribution in [0.4, 0.5) is 13.2 Å². The first kappa shape index (κ1) is 33.6. The average molecular weight is 698 g/mol. The lowest BCUT2D eigenvalue weighted by molar-refractivity contribution is -0.109. The van der Waals surface area contributed by atoms with Crippen LogP contribution in [-0.4, -0.2) is 19.1 Å². The number of carbonyl (C=O) groups excluding carboxylic acids is 1. The first-order valence-electron chi connectivity index (χ1n) is 17.8. The van der Waals surface area contributed by atoms with E-state index >= 15 is 8.78 Å². The van der Waals surface area contributed by atoms with E-state index in [1.807, 2.05) is 48.6 Å². The zero-order valence-electron chi connectivity index (χ0n) is 29.2. The fraction of sp³-hybridized carbons (Fsp3) is 0.222. The van der Waals surface area contributed by atoms with Gasteiger partial charge in [-0.2, -0.15) is 0 Å². The predicted octanol–water partition coefficient (Wildman–Crippen LogP) is 10.5. The van der Waals surface area contributed by atoms with Gasteiger partial charge in [0.05, 0.1) is 18.0 Å². The van der Waals surface area contributed by atoms with Crippen LogP contribution in [0.3, 0.4) is 0 Å². The number of nitrogens with one attached hydrogen (secondary N) is 1. The second-order valence-corrected chi connectivity index (χ2v) is 14.2. The number of halogens is 3. The number of carbonyl (C=O) groups is 1. The van der Waals surface area contributed by atoms with Gasteiger partial charge < -0.3 is 14.8 Å². The second-order valence-electron chi connectivity index (χ2n) is 14.2. The fourth-order valence-electron chi connectivity index (χ4n) is 8.07. The standard InChI is InChI=1S/C45H38F3NO3/c1-4-5-24-51-33-17-11-30(12-18-33)45(29-9-13-31(46)14-10-29)23-22-34-42-39(40-37(47)20-21-38(48)41(40)43(34)52-45)35-25-28(8-19-36(35)44(42,2)3)27-6-15-32(16-7-27)49-26-50/h6-15,17-23,25-26,32H,4-5,16,24H2,1-3H3,(H,49,50). The SMILES string of the molecule is CCCCOc1ccc(C2(c3ccc(F)cc3)C=Cc3c4c(c5c(F)ccc(F)c5c3O2)-c2cc(C3=CCC(NC=O)C=C3)ccc2C4(C)C)cc1. The molecular weight excluding hydrogens is 659 g/mol. The van der Waals surface area contributed by atoms with Crippen molar-refractivity contribution in [3.8, 4) is 22.6 Å². The highest BCUT2D eigenvalue weighted by molar-refractivity contribution is 6.09. The van der Waals surface area contributed by atoms with Crippen LogP contribution in [0.15, 0.2) is 103 Å². The Morgan fingerprint density at radius 2 is 1.62 bits per heavy atom. The van der Waals surface area contributed by atoms with Crippen LogP contribution in [0.2, 0.25) is 0 Å². The van der Waals surface area contributed by atoms with Gasteiger partial charge in [-0.25, -0.2) is 13.2 Å². The van der Waals surface area contributed by atoms with Gasteiger partial charge in [0.15, 0.2) is 5.60 Å². The molecule has 0 radical (unpaired) electrons. The highest BCUT2D eigenvalue weighted by Crippen LogP contribution is 2.59. The molecule has 52 heavy (non-hydrogen) atoms. The highest BCUT2D eigenvalue weighted by atomic mass is 19.1. The zero-order valence-corrected chi connectivity index (χ0v) is 29.2. The van der Waals surface area contributed by atoms with Crippen LogP contribution >= 0.6 is 0 Å². The molecule has 262 valence electrons. The van der Waals surface area contributed by atoms with Gasteiger partial charge in [0, 0.05) is 27.5 Å². The molecule has 0 saturated carbocycles. The summed E-state index contributed by atoms with van der Waals surface area (Å²) in [4.78, 5) is 11.0. The van der Waals surface area contributed by atoms with Crippen LogP contribution < -0.4 is 14.8 Å². The highest BCUT2D eigenvalue weighted by Gasteiger charge is 2.45. The predicted molar refractivity (Wildman–Crippen MR) is 200 cm³/mol. The van der Waals surface area contributed by atoms with E-state index in [1.165, 1.54) is 18.2 Å². The molecule has 2 atom stereocenters. The monoisotopic (exact) mass is 697 g/mol. The Hall–Kier alpha value is -5.56. The molecule has 1 amide bonds. The van der Waals surface area contributed by atoms with E-state index in [-0.39, 0.29) is 22.6 Å². The molecule has 0 saturated heterocycles. The number of hydrogen-bond acceptors (Lipinski definition) is 3. The van der Waals surface area contributed by atoms with Gasteiger partial charge in [-0.1, -0.05) is 87.9 Å². The third-order valence-corrected chi connectivity index (χ3v) is 10.7. The molecule has 4 nitrogen and oxygen atoms in total. The first-order chi connectivity index (χ1) is 25.2. The van der Waals surface area contributed by atoms with Gasteiger partial charge in [-0.3, -0.25) is 4.79 Å². The maximum Gasteiger partial charge on any atom is 0.207 e. The number of ether oxygens (including phenoxy) is 2. The summed E-state index contributed by atoms with van der Waals surface area (Å²) >= 11 is 0. The minimum atomic E-state index is -1.29. The minimum Gasteiger partial charge on any atom is -0.494 e. The lowest BCUT2D eigenvalue weighted by Crippen LogP contribution is -2.35. The molecule has 0 aromatic heterocycles. The maximum absolute atomic E-state index is 16.4. The molecule has 2 unspecified atom stereocenters. The number of benzene rings is 5. The molecule has 0 bridgehead atoms. The molecule has 1 heterocycles. The third kappa shape index (κ3) is 5.33. The Balaban J connectivity index is 1.33. The van der Waals surface area contributed by atoms with E-state index < -0.39 is 28.5 Å². The van der Waals surface area contributed by atoms with Gasteiger partial charge >= 0.3 is 0 Å². The van der Waals surface area contributed by atoms with E-state index in [1.54, 1.807) is 12.1 Å².